The van der Waals surface area contributed by atoms with Crippen molar-refractivity contribution in [3.8, 4) is 5.69 Å². The lowest BCUT2D eigenvalue weighted by Gasteiger charge is -2.19. The minimum atomic E-state index is -0.0690. The molecule has 3 nitrogen and oxygen atoms in total. The quantitative estimate of drug-likeness (QED) is 0.276. The number of benzene rings is 3. The predicted molar refractivity (Wildman–Crippen MR) is 128 cm³/mol. The lowest BCUT2D eigenvalue weighted by molar-refractivity contribution is -0.654. The number of aryl methyl sites for hydroxylation is 1. The normalized spacial score (nSPS) is 12.5. The van der Waals surface area contributed by atoms with E-state index in [4.69, 9.17) is 4.42 Å². The Morgan fingerprint density at radius 3 is 2.16 bits per heavy atom. The van der Waals surface area contributed by atoms with E-state index in [-0.39, 0.29) is 5.41 Å². The third kappa shape index (κ3) is 2.43. The molecule has 0 spiro atoms. The van der Waals surface area contributed by atoms with E-state index in [2.05, 4.69) is 110 Å². The van der Waals surface area contributed by atoms with Crippen LogP contribution in [-0.2, 0) is 12.5 Å². The highest BCUT2D eigenvalue weighted by Gasteiger charge is 2.35. The molecule has 6 rings (SSSR count). The molecule has 3 heteroatoms. The molecule has 152 valence electrons. The van der Waals surface area contributed by atoms with E-state index < -0.39 is 0 Å². The Balaban J connectivity index is 2.00. The van der Waals surface area contributed by atoms with Gasteiger partial charge >= 0.3 is 0 Å². The van der Waals surface area contributed by atoms with Crippen LogP contribution in [-0.4, -0.2) is 4.57 Å². The maximum absolute atomic E-state index is 6.54. The fourth-order valence-electron chi connectivity index (χ4n) is 5.20. The molecule has 0 amide bonds. The summed E-state index contributed by atoms with van der Waals surface area (Å²) in [4.78, 5) is 0. The first kappa shape index (κ1) is 18.2. The predicted octanol–water partition coefficient (Wildman–Crippen LogP) is 6.81. The van der Waals surface area contributed by atoms with E-state index in [0.717, 1.165) is 27.8 Å². The Morgan fingerprint density at radius 1 is 0.774 bits per heavy atom. The number of pyridine rings is 1. The highest BCUT2D eigenvalue weighted by atomic mass is 16.3. The zero-order valence-electron chi connectivity index (χ0n) is 18.3. The summed E-state index contributed by atoms with van der Waals surface area (Å²) in [7, 11) is 2.18. The number of para-hydroxylation sites is 3. The minimum absolute atomic E-state index is 0.0690. The van der Waals surface area contributed by atoms with Crippen molar-refractivity contribution in [1.29, 1.82) is 0 Å². The third-order valence-electron chi connectivity index (χ3n) is 6.29. The molecule has 0 aliphatic rings. The number of furan rings is 1. The lowest BCUT2D eigenvalue weighted by atomic mass is 9.89. The summed E-state index contributed by atoms with van der Waals surface area (Å²) in [5.41, 5.74) is 7.84. The van der Waals surface area contributed by atoms with Gasteiger partial charge in [0.05, 0.1) is 16.3 Å². The first-order valence-corrected chi connectivity index (χ1v) is 10.8. The average molecular weight is 406 g/mol. The lowest BCUT2D eigenvalue weighted by Crippen LogP contribution is -2.41. The van der Waals surface area contributed by atoms with Crippen molar-refractivity contribution in [2.45, 2.75) is 26.2 Å². The largest absolute Gasteiger partial charge is 0.449 e. The monoisotopic (exact) mass is 405 g/mol. The van der Waals surface area contributed by atoms with Crippen LogP contribution in [0.1, 0.15) is 26.5 Å². The zero-order chi connectivity index (χ0) is 21.3. The van der Waals surface area contributed by atoms with Gasteiger partial charge < -0.3 is 8.98 Å². The van der Waals surface area contributed by atoms with Crippen LogP contribution in [0, 0.1) is 0 Å². The van der Waals surface area contributed by atoms with E-state index in [9.17, 15) is 0 Å². The molecular weight excluding hydrogens is 380 g/mol. The zero-order valence-corrected chi connectivity index (χ0v) is 18.3. The maximum atomic E-state index is 6.54. The Hall–Kier alpha value is -3.59. The number of rotatable bonds is 1. The molecule has 6 aromatic rings. The molecule has 0 unspecified atom stereocenters. The summed E-state index contributed by atoms with van der Waals surface area (Å²) >= 11 is 0. The Bertz CT molecular complexity index is 1610. The Labute approximate surface area is 181 Å². The van der Waals surface area contributed by atoms with Crippen LogP contribution in [0.5, 0.6) is 0 Å². The summed E-state index contributed by atoms with van der Waals surface area (Å²) in [5.74, 6) is 0. The SMILES string of the molecule is C[n+]1c(C(C)(C)C)c2c(c3ccccc3n2-c2ccccc2)c2oc3ccccc3c21. The average Bonchev–Trinajstić information content (AvgIpc) is 3.29. The molecule has 0 fully saturated rings. The van der Waals surface area contributed by atoms with Crippen molar-refractivity contribution < 1.29 is 8.98 Å². The van der Waals surface area contributed by atoms with Crippen molar-refractivity contribution >= 4 is 43.9 Å². The van der Waals surface area contributed by atoms with Crippen molar-refractivity contribution in [3.05, 3.63) is 84.6 Å². The van der Waals surface area contributed by atoms with Crippen LogP contribution in [0.4, 0.5) is 0 Å². The van der Waals surface area contributed by atoms with Gasteiger partial charge in [0.15, 0.2) is 0 Å². The first-order chi connectivity index (χ1) is 15.0. The third-order valence-corrected chi connectivity index (χ3v) is 6.29. The van der Waals surface area contributed by atoms with E-state index >= 15 is 0 Å². The van der Waals surface area contributed by atoms with Gasteiger partial charge in [-0.25, -0.2) is 0 Å². The van der Waals surface area contributed by atoms with Crippen LogP contribution in [0.2, 0.25) is 0 Å². The van der Waals surface area contributed by atoms with Crippen LogP contribution in [0.15, 0.2) is 83.3 Å². The molecule has 0 radical (unpaired) electrons. The summed E-state index contributed by atoms with van der Waals surface area (Å²) in [6.45, 7) is 6.88. The van der Waals surface area contributed by atoms with E-state index in [1.807, 2.05) is 6.07 Å². The van der Waals surface area contributed by atoms with Crippen LogP contribution in [0.25, 0.3) is 49.6 Å². The van der Waals surface area contributed by atoms with Crippen LogP contribution < -0.4 is 4.57 Å². The summed E-state index contributed by atoms with van der Waals surface area (Å²) in [5, 5.41) is 3.56. The molecule has 3 aromatic heterocycles. The van der Waals surface area contributed by atoms with Gasteiger partial charge in [-0.15, -0.1) is 0 Å². The molecule has 3 aromatic carbocycles. The van der Waals surface area contributed by atoms with E-state index in [0.29, 0.717) is 0 Å². The van der Waals surface area contributed by atoms with Crippen molar-refractivity contribution in [3.63, 3.8) is 0 Å². The Morgan fingerprint density at radius 2 is 1.42 bits per heavy atom. The van der Waals surface area contributed by atoms with Gasteiger partial charge in [-0.2, -0.15) is 4.57 Å². The summed E-state index contributed by atoms with van der Waals surface area (Å²) < 4.78 is 11.3. The van der Waals surface area contributed by atoms with Crippen LogP contribution in [0.3, 0.4) is 0 Å². The molecule has 0 aliphatic heterocycles. The summed E-state index contributed by atoms with van der Waals surface area (Å²) in [6, 6.07) is 27.7. The molecule has 0 aliphatic carbocycles. The van der Waals surface area contributed by atoms with Gasteiger partial charge in [0.2, 0.25) is 11.3 Å². The standard InChI is InChI=1S/C28H25N2O/c1-28(2,3)27-25-23(26-24(29(27)4)20-15-9-11-17-22(20)31-26)19-14-8-10-16-21(19)30(25)18-12-6-5-7-13-18/h5-17H,1-4H3/q+1. The topological polar surface area (TPSA) is 21.9 Å². The Kier molecular flexibility index (Phi) is 3.64. The van der Waals surface area contributed by atoms with Gasteiger partial charge in [-0.1, -0.05) is 69.3 Å². The molecule has 0 saturated heterocycles. The summed E-state index contributed by atoms with van der Waals surface area (Å²) in [6.07, 6.45) is 0. The van der Waals surface area contributed by atoms with Gasteiger partial charge in [-0.3, -0.25) is 0 Å². The van der Waals surface area contributed by atoms with Crippen molar-refractivity contribution in [2.24, 2.45) is 7.05 Å². The van der Waals surface area contributed by atoms with Gasteiger partial charge in [0.1, 0.15) is 18.1 Å². The number of aromatic nitrogens is 2. The maximum Gasteiger partial charge on any atom is 0.260 e. The van der Waals surface area contributed by atoms with Crippen LogP contribution >= 0.6 is 0 Å². The van der Waals surface area contributed by atoms with E-state index in [1.54, 1.807) is 0 Å². The fraction of sp³-hybridized carbons (Fsp3) is 0.179. The second-order valence-electron chi connectivity index (χ2n) is 9.35. The van der Waals surface area contributed by atoms with Crippen molar-refractivity contribution in [1.82, 2.24) is 4.57 Å². The number of hydrogen-bond acceptors (Lipinski definition) is 1. The second kappa shape index (κ2) is 6.21. The second-order valence-corrected chi connectivity index (χ2v) is 9.35. The molecule has 31 heavy (non-hydrogen) atoms. The van der Waals surface area contributed by atoms with Gasteiger partial charge in [0, 0.05) is 16.5 Å². The minimum Gasteiger partial charge on any atom is -0.449 e. The van der Waals surface area contributed by atoms with Crippen molar-refractivity contribution in [2.75, 3.05) is 0 Å². The molecule has 3 heterocycles. The fourth-order valence-corrected chi connectivity index (χ4v) is 5.20. The molecule has 0 bridgehead atoms. The number of nitrogens with zero attached hydrogens (tertiary/aromatic N) is 2. The number of hydrogen-bond donors (Lipinski definition) is 0. The smallest absolute Gasteiger partial charge is 0.260 e. The molecule has 0 N–H and O–H groups in total. The first-order valence-electron chi connectivity index (χ1n) is 10.8. The van der Waals surface area contributed by atoms with Gasteiger partial charge in [0.25, 0.3) is 5.52 Å². The van der Waals surface area contributed by atoms with E-state index in [1.165, 1.54) is 27.5 Å². The molecule has 0 saturated carbocycles. The number of fused-ring (bicyclic) bond motifs is 7. The highest BCUT2D eigenvalue weighted by molar-refractivity contribution is 6.22. The highest BCUT2D eigenvalue weighted by Crippen LogP contribution is 2.42. The molecule has 0 atom stereocenters. The van der Waals surface area contributed by atoms with Gasteiger partial charge in [-0.05, 0) is 30.3 Å². The molecular formula is C28H25N2O+.